The number of aromatic nitrogens is 2. The summed E-state index contributed by atoms with van der Waals surface area (Å²) in [5.41, 5.74) is 1.95. The van der Waals surface area contributed by atoms with Crippen molar-refractivity contribution < 1.29 is 9.21 Å². The van der Waals surface area contributed by atoms with Gasteiger partial charge in [-0.05, 0) is 26.8 Å². The number of rotatable bonds is 4. The Bertz CT molecular complexity index is 718. The van der Waals surface area contributed by atoms with Gasteiger partial charge in [-0.2, -0.15) is 5.26 Å². The summed E-state index contributed by atoms with van der Waals surface area (Å²) < 4.78 is 5.39. The zero-order valence-corrected chi connectivity index (χ0v) is 12.7. The van der Waals surface area contributed by atoms with Gasteiger partial charge < -0.3 is 4.42 Å². The molecule has 0 aliphatic carbocycles. The van der Waals surface area contributed by atoms with Crippen molar-refractivity contribution in [2.45, 2.75) is 25.8 Å². The molecule has 0 radical (unpaired) electrons. The van der Waals surface area contributed by atoms with Crippen molar-refractivity contribution in [3.05, 3.63) is 35.0 Å². The molecule has 0 aliphatic rings. The molecule has 0 aromatic carbocycles. The van der Waals surface area contributed by atoms with Gasteiger partial charge in [-0.15, -0.1) is 0 Å². The molecule has 6 nitrogen and oxygen atoms in total. The minimum atomic E-state index is -0.249. The quantitative estimate of drug-likeness (QED) is 0.689. The maximum atomic E-state index is 11.9. The molecule has 2 heterocycles. The normalized spacial score (nSPS) is 10.2. The number of aryl methyl sites for hydroxylation is 2. The number of thioether (sulfide) groups is 1. The van der Waals surface area contributed by atoms with Crippen LogP contribution in [0, 0.1) is 32.1 Å². The van der Waals surface area contributed by atoms with Gasteiger partial charge in [-0.3, -0.25) is 10.1 Å². The molecule has 0 spiro atoms. The number of nitrogens with zero attached hydrogens (tertiary/aromatic N) is 3. The fourth-order valence-corrected chi connectivity index (χ4v) is 2.39. The molecule has 0 aliphatic heterocycles. The molecule has 0 atom stereocenters. The van der Waals surface area contributed by atoms with Crippen LogP contribution >= 0.6 is 11.8 Å². The average Bonchev–Trinajstić information content (AvgIpc) is 2.71. The van der Waals surface area contributed by atoms with Gasteiger partial charge in [0.1, 0.15) is 28.7 Å². The molecule has 2 aromatic rings. The fourth-order valence-electron chi connectivity index (χ4n) is 1.66. The molecule has 7 heteroatoms. The van der Waals surface area contributed by atoms with Crippen LogP contribution in [0.4, 0.5) is 5.88 Å². The number of hydrogen-bond donors (Lipinski definition) is 1. The van der Waals surface area contributed by atoms with Crippen LogP contribution in [0.3, 0.4) is 0 Å². The number of carbonyl (C=O) groups excluding carboxylic acids is 1. The highest BCUT2D eigenvalue weighted by atomic mass is 32.2. The lowest BCUT2D eigenvalue weighted by molar-refractivity contribution is -0.113. The van der Waals surface area contributed by atoms with Crippen molar-refractivity contribution in [3.63, 3.8) is 0 Å². The first kappa shape index (κ1) is 15.1. The number of anilines is 1. The Kier molecular flexibility index (Phi) is 4.60. The van der Waals surface area contributed by atoms with E-state index in [0.717, 1.165) is 16.3 Å². The summed E-state index contributed by atoms with van der Waals surface area (Å²) in [7, 11) is 0. The van der Waals surface area contributed by atoms with Gasteiger partial charge in [-0.1, -0.05) is 11.8 Å². The van der Waals surface area contributed by atoms with Crippen LogP contribution in [0.1, 0.15) is 22.6 Å². The lowest BCUT2D eigenvalue weighted by Gasteiger charge is -2.03. The van der Waals surface area contributed by atoms with Crippen LogP contribution in [-0.4, -0.2) is 21.6 Å². The van der Waals surface area contributed by atoms with E-state index in [4.69, 9.17) is 9.68 Å². The van der Waals surface area contributed by atoms with E-state index in [-0.39, 0.29) is 17.5 Å². The van der Waals surface area contributed by atoms with E-state index in [1.54, 1.807) is 19.9 Å². The molecule has 0 unspecified atom stereocenters. The maximum Gasteiger partial charge on any atom is 0.237 e. The second-order valence-electron chi connectivity index (χ2n) is 4.43. The topological polar surface area (TPSA) is 91.8 Å². The number of nitrogens with one attached hydrogen (secondary N) is 1. The number of nitriles is 1. The second kappa shape index (κ2) is 6.41. The first-order valence-electron chi connectivity index (χ1n) is 6.22. The third-order valence-corrected chi connectivity index (χ3v) is 3.81. The molecular formula is C14H14N4O2S. The minimum absolute atomic E-state index is 0.181. The van der Waals surface area contributed by atoms with Crippen LogP contribution in [0.5, 0.6) is 0 Å². The van der Waals surface area contributed by atoms with Crippen LogP contribution in [0.25, 0.3) is 0 Å². The van der Waals surface area contributed by atoms with Crippen LogP contribution < -0.4 is 5.32 Å². The van der Waals surface area contributed by atoms with E-state index < -0.39 is 0 Å². The summed E-state index contributed by atoms with van der Waals surface area (Å²) in [6.07, 6.45) is 1.46. The van der Waals surface area contributed by atoms with Crippen molar-refractivity contribution >= 4 is 23.6 Å². The number of hydrogen-bond acceptors (Lipinski definition) is 6. The summed E-state index contributed by atoms with van der Waals surface area (Å²) in [4.78, 5) is 20.0. The summed E-state index contributed by atoms with van der Waals surface area (Å²) in [6.45, 7) is 5.40. The monoisotopic (exact) mass is 302 g/mol. The zero-order chi connectivity index (χ0) is 15.4. The van der Waals surface area contributed by atoms with E-state index in [0.29, 0.717) is 11.3 Å². The molecule has 108 valence electrons. The smallest absolute Gasteiger partial charge is 0.237 e. The summed E-state index contributed by atoms with van der Waals surface area (Å²) >= 11 is 1.30. The molecule has 1 N–H and O–H groups in total. The molecule has 0 saturated heterocycles. The van der Waals surface area contributed by atoms with Gasteiger partial charge in [0.05, 0.1) is 5.75 Å². The predicted molar refractivity (Wildman–Crippen MR) is 79.0 cm³/mol. The summed E-state index contributed by atoms with van der Waals surface area (Å²) in [5, 5.41) is 12.4. The van der Waals surface area contributed by atoms with Crippen LogP contribution in [-0.2, 0) is 4.79 Å². The largest absolute Gasteiger partial charge is 0.444 e. The Morgan fingerprint density at radius 2 is 2.19 bits per heavy atom. The van der Waals surface area contributed by atoms with E-state index in [9.17, 15) is 4.79 Å². The Hall–Kier alpha value is -2.33. The maximum absolute atomic E-state index is 11.9. The van der Waals surface area contributed by atoms with Crippen LogP contribution in [0.2, 0.25) is 0 Å². The van der Waals surface area contributed by atoms with Crippen molar-refractivity contribution in [3.8, 4) is 6.07 Å². The minimum Gasteiger partial charge on any atom is -0.444 e. The second-order valence-corrected chi connectivity index (χ2v) is 5.43. The van der Waals surface area contributed by atoms with Crippen molar-refractivity contribution in [1.29, 1.82) is 5.26 Å². The lowest BCUT2D eigenvalue weighted by Crippen LogP contribution is -2.14. The van der Waals surface area contributed by atoms with Gasteiger partial charge in [0, 0.05) is 11.3 Å². The first-order valence-corrected chi connectivity index (χ1v) is 7.21. The Balaban J connectivity index is 2.00. The zero-order valence-electron chi connectivity index (χ0n) is 11.9. The van der Waals surface area contributed by atoms with E-state index >= 15 is 0 Å². The van der Waals surface area contributed by atoms with Crippen molar-refractivity contribution in [1.82, 2.24) is 9.97 Å². The highest BCUT2D eigenvalue weighted by molar-refractivity contribution is 7.99. The Labute approximate surface area is 126 Å². The number of amides is 1. The molecule has 0 saturated carbocycles. The van der Waals surface area contributed by atoms with Crippen molar-refractivity contribution in [2.75, 3.05) is 11.1 Å². The highest BCUT2D eigenvalue weighted by Crippen LogP contribution is 2.25. The molecule has 0 bridgehead atoms. The highest BCUT2D eigenvalue weighted by Gasteiger charge is 2.16. The van der Waals surface area contributed by atoms with Gasteiger partial charge in [-0.25, -0.2) is 9.97 Å². The molecule has 2 aromatic heterocycles. The summed E-state index contributed by atoms with van der Waals surface area (Å²) in [5.74, 6) is 0.763. The number of carbonyl (C=O) groups is 1. The predicted octanol–water partition coefficient (Wildman–Crippen LogP) is 2.60. The third kappa shape index (κ3) is 3.61. The first-order chi connectivity index (χ1) is 10.0. The molecule has 1 amide bonds. The van der Waals surface area contributed by atoms with E-state index in [1.807, 2.05) is 13.0 Å². The van der Waals surface area contributed by atoms with Gasteiger partial charge >= 0.3 is 0 Å². The fraction of sp³-hybridized carbons (Fsp3) is 0.286. The lowest BCUT2D eigenvalue weighted by atomic mass is 10.2. The molecular weight excluding hydrogens is 288 g/mol. The molecule has 0 fully saturated rings. The van der Waals surface area contributed by atoms with Gasteiger partial charge in [0.2, 0.25) is 11.8 Å². The molecule has 2 rings (SSSR count). The van der Waals surface area contributed by atoms with Crippen molar-refractivity contribution in [2.24, 2.45) is 0 Å². The Morgan fingerprint density at radius 3 is 2.86 bits per heavy atom. The summed E-state index contributed by atoms with van der Waals surface area (Å²) in [6, 6.07) is 3.84. The van der Waals surface area contributed by atoms with E-state index in [2.05, 4.69) is 15.3 Å². The third-order valence-electron chi connectivity index (χ3n) is 2.88. The van der Waals surface area contributed by atoms with Crippen LogP contribution in [0.15, 0.2) is 21.8 Å². The average molecular weight is 302 g/mol. The van der Waals surface area contributed by atoms with Gasteiger partial charge in [0.15, 0.2) is 0 Å². The molecule has 21 heavy (non-hydrogen) atoms. The van der Waals surface area contributed by atoms with E-state index in [1.165, 1.54) is 18.1 Å². The number of furan rings is 1. The Morgan fingerprint density at radius 1 is 1.43 bits per heavy atom. The standard InChI is InChI=1S/C14H14N4O2S/c1-8-4-13(17-7-16-8)21-6-12(19)18-14-11(5-15)9(2)10(3)20-14/h4,7H,6H2,1-3H3,(H,18,19). The van der Waals surface area contributed by atoms with Gasteiger partial charge in [0.25, 0.3) is 0 Å². The SMILES string of the molecule is Cc1cc(SCC(=O)Nc2oc(C)c(C)c2C#N)ncn1.